The molecule has 2 heterocycles. The number of aromatic nitrogens is 2. The van der Waals surface area contributed by atoms with E-state index >= 15 is 0 Å². The molecule has 0 radical (unpaired) electrons. The Morgan fingerprint density at radius 1 is 1.21 bits per heavy atom. The number of nitrogens with zero attached hydrogens (tertiary/aromatic N) is 3. The van der Waals surface area contributed by atoms with Crippen molar-refractivity contribution in [3.63, 3.8) is 0 Å². The minimum absolute atomic E-state index is 0.109. The van der Waals surface area contributed by atoms with E-state index in [-0.39, 0.29) is 11.4 Å². The average Bonchev–Trinajstić information content (AvgIpc) is 2.47. The van der Waals surface area contributed by atoms with Crippen LogP contribution < -0.4 is 10.0 Å². The number of sulfonamides is 1. The maximum absolute atomic E-state index is 12.3. The number of hydrogen-bond acceptors (Lipinski definition) is 5. The summed E-state index contributed by atoms with van der Waals surface area (Å²) in [5.41, 5.74) is 6.07. The van der Waals surface area contributed by atoms with Gasteiger partial charge in [-0.3, -0.25) is 9.29 Å². The first-order chi connectivity index (χ1) is 9.05. The van der Waals surface area contributed by atoms with Gasteiger partial charge < -0.3 is 5.73 Å². The van der Waals surface area contributed by atoms with Gasteiger partial charge in [-0.25, -0.2) is 13.4 Å². The normalized spacial score (nSPS) is 11.3. The Morgan fingerprint density at radius 3 is 2.53 bits per heavy atom. The highest BCUT2D eigenvalue weighted by Gasteiger charge is 2.22. The lowest BCUT2D eigenvalue weighted by molar-refractivity contribution is 0.593. The van der Waals surface area contributed by atoms with E-state index in [2.05, 4.69) is 9.97 Å². The molecule has 7 heteroatoms. The second-order valence-corrected chi connectivity index (χ2v) is 5.82. The predicted octanol–water partition coefficient (Wildman–Crippen LogP) is 0.760. The molecule has 0 aromatic carbocycles. The van der Waals surface area contributed by atoms with Gasteiger partial charge in [0.25, 0.3) is 10.0 Å². The molecule has 0 fully saturated rings. The second kappa shape index (κ2) is 5.33. The molecule has 0 aliphatic heterocycles. The Labute approximate surface area is 112 Å². The lowest BCUT2D eigenvalue weighted by atomic mass is 10.4. The van der Waals surface area contributed by atoms with Gasteiger partial charge >= 0.3 is 0 Å². The summed E-state index contributed by atoms with van der Waals surface area (Å²) in [4.78, 5) is 8.11. The van der Waals surface area contributed by atoms with Crippen LogP contribution in [0.4, 0.5) is 5.82 Å². The highest BCUT2D eigenvalue weighted by Crippen LogP contribution is 2.18. The van der Waals surface area contributed by atoms with Gasteiger partial charge in [0, 0.05) is 26.0 Å². The van der Waals surface area contributed by atoms with Gasteiger partial charge in [0.05, 0.1) is 5.69 Å². The Bertz CT molecular complexity index is 641. The smallest absolute Gasteiger partial charge is 0.266 e. The average molecular weight is 278 g/mol. The highest BCUT2D eigenvalue weighted by atomic mass is 32.2. The zero-order valence-electron chi connectivity index (χ0n) is 10.4. The fourth-order valence-corrected chi connectivity index (χ4v) is 2.60. The molecule has 0 unspecified atom stereocenters. The van der Waals surface area contributed by atoms with E-state index in [1.165, 1.54) is 25.5 Å². The quantitative estimate of drug-likeness (QED) is 0.892. The van der Waals surface area contributed by atoms with Gasteiger partial charge in [0.2, 0.25) is 0 Å². The van der Waals surface area contributed by atoms with Crippen LogP contribution in [0.1, 0.15) is 5.69 Å². The molecule has 0 aliphatic rings. The molecule has 2 N–H and O–H groups in total. The molecule has 0 spiro atoms. The first kappa shape index (κ1) is 13.4. The zero-order valence-corrected chi connectivity index (χ0v) is 11.2. The third-order valence-electron chi connectivity index (χ3n) is 2.64. The summed E-state index contributed by atoms with van der Waals surface area (Å²) >= 11 is 0. The van der Waals surface area contributed by atoms with Crippen LogP contribution in [0.2, 0.25) is 0 Å². The zero-order chi connectivity index (χ0) is 13.9. The monoisotopic (exact) mass is 278 g/mol. The van der Waals surface area contributed by atoms with E-state index in [1.807, 2.05) is 0 Å². The standard InChI is InChI=1S/C12H14N4O2S/c1-16(12-4-2-3-7-14-12)19(17,18)11-6-5-10(8-13)15-9-11/h2-7,9H,8,13H2,1H3. The third kappa shape index (κ3) is 2.72. The van der Waals surface area contributed by atoms with Gasteiger partial charge in [0.1, 0.15) is 10.7 Å². The SMILES string of the molecule is CN(c1ccccn1)S(=O)(=O)c1ccc(CN)nc1. The van der Waals surface area contributed by atoms with Crippen molar-refractivity contribution in [3.8, 4) is 0 Å². The van der Waals surface area contributed by atoms with E-state index in [0.717, 1.165) is 4.31 Å². The molecule has 100 valence electrons. The third-order valence-corrected chi connectivity index (χ3v) is 4.38. The summed E-state index contributed by atoms with van der Waals surface area (Å²) < 4.78 is 25.8. The minimum Gasteiger partial charge on any atom is -0.325 e. The van der Waals surface area contributed by atoms with E-state index in [4.69, 9.17) is 5.73 Å². The highest BCUT2D eigenvalue weighted by molar-refractivity contribution is 7.92. The molecule has 2 aromatic heterocycles. The number of hydrogen-bond donors (Lipinski definition) is 1. The predicted molar refractivity (Wildman–Crippen MR) is 72.0 cm³/mol. The topological polar surface area (TPSA) is 89.2 Å². The van der Waals surface area contributed by atoms with Crippen molar-refractivity contribution in [3.05, 3.63) is 48.4 Å². The summed E-state index contributed by atoms with van der Waals surface area (Å²) in [6, 6.07) is 8.16. The van der Waals surface area contributed by atoms with Crippen LogP contribution in [0, 0.1) is 0 Å². The first-order valence-electron chi connectivity index (χ1n) is 5.60. The molecule has 0 bridgehead atoms. The first-order valence-corrected chi connectivity index (χ1v) is 7.04. The summed E-state index contributed by atoms with van der Waals surface area (Å²) in [5, 5.41) is 0. The van der Waals surface area contributed by atoms with E-state index < -0.39 is 10.0 Å². The van der Waals surface area contributed by atoms with Gasteiger partial charge in [-0.2, -0.15) is 0 Å². The van der Waals surface area contributed by atoms with Gasteiger partial charge in [-0.15, -0.1) is 0 Å². The minimum atomic E-state index is -3.65. The summed E-state index contributed by atoms with van der Waals surface area (Å²) in [6.45, 7) is 0.274. The lowest BCUT2D eigenvalue weighted by Crippen LogP contribution is -2.27. The Hall–Kier alpha value is -1.99. The number of rotatable bonds is 4. The van der Waals surface area contributed by atoms with Crippen LogP contribution in [0.25, 0.3) is 0 Å². The fraction of sp³-hybridized carbons (Fsp3) is 0.167. The van der Waals surface area contributed by atoms with Crippen molar-refractivity contribution < 1.29 is 8.42 Å². The molecule has 0 saturated heterocycles. The lowest BCUT2D eigenvalue weighted by Gasteiger charge is -2.18. The second-order valence-electron chi connectivity index (χ2n) is 3.85. The molecular formula is C12H14N4O2S. The van der Waals surface area contributed by atoms with E-state index in [0.29, 0.717) is 11.5 Å². The summed E-state index contributed by atoms with van der Waals surface area (Å²) in [5.74, 6) is 0.352. The maximum atomic E-state index is 12.3. The Kier molecular flexibility index (Phi) is 3.77. The van der Waals surface area contributed by atoms with Crippen molar-refractivity contribution in [2.75, 3.05) is 11.4 Å². The largest absolute Gasteiger partial charge is 0.325 e. The van der Waals surface area contributed by atoms with Gasteiger partial charge in [-0.1, -0.05) is 6.07 Å². The fourth-order valence-electron chi connectivity index (χ4n) is 1.51. The maximum Gasteiger partial charge on any atom is 0.266 e. The number of nitrogens with two attached hydrogens (primary N) is 1. The molecule has 0 atom stereocenters. The Morgan fingerprint density at radius 2 is 2.00 bits per heavy atom. The van der Waals surface area contributed by atoms with Crippen molar-refractivity contribution >= 4 is 15.8 Å². The van der Waals surface area contributed by atoms with Crippen LogP contribution in [0.3, 0.4) is 0 Å². The number of pyridine rings is 2. The van der Waals surface area contributed by atoms with Crippen molar-refractivity contribution in [1.29, 1.82) is 0 Å². The van der Waals surface area contributed by atoms with Gasteiger partial charge in [0.15, 0.2) is 0 Å². The van der Waals surface area contributed by atoms with E-state index in [1.54, 1.807) is 24.3 Å². The molecule has 0 amide bonds. The summed E-state index contributed by atoms with van der Waals surface area (Å²) in [6.07, 6.45) is 2.84. The van der Waals surface area contributed by atoms with Crippen molar-refractivity contribution in [2.24, 2.45) is 5.73 Å². The number of anilines is 1. The molecule has 19 heavy (non-hydrogen) atoms. The van der Waals surface area contributed by atoms with Crippen molar-refractivity contribution in [1.82, 2.24) is 9.97 Å². The molecule has 0 aliphatic carbocycles. The molecule has 6 nitrogen and oxygen atoms in total. The molecule has 2 aromatic rings. The van der Waals surface area contributed by atoms with Crippen LogP contribution in [-0.4, -0.2) is 25.4 Å². The van der Waals surface area contributed by atoms with Crippen molar-refractivity contribution in [2.45, 2.75) is 11.4 Å². The van der Waals surface area contributed by atoms with Crippen LogP contribution in [0.15, 0.2) is 47.6 Å². The molecular weight excluding hydrogens is 264 g/mol. The van der Waals surface area contributed by atoms with Gasteiger partial charge in [-0.05, 0) is 24.3 Å². The summed E-state index contributed by atoms with van der Waals surface area (Å²) in [7, 11) is -2.20. The van der Waals surface area contributed by atoms with Crippen LogP contribution in [-0.2, 0) is 16.6 Å². The molecule has 0 saturated carbocycles. The Balaban J connectivity index is 2.36. The van der Waals surface area contributed by atoms with E-state index in [9.17, 15) is 8.42 Å². The van der Waals surface area contributed by atoms with Crippen LogP contribution >= 0.6 is 0 Å². The van der Waals surface area contributed by atoms with Crippen LogP contribution in [0.5, 0.6) is 0 Å². The molecule has 2 rings (SSSR count).